The molecular formula is C22H22ClN3O. The second kappa shape index (κ2) is 9.19. The third-order valence-corrected chi connectivity index (χ3v) is 4.53. The van der Waals surface area contributed by atoms with Crippen molar-refractivity contribution in [3.05, 3.63) is 94.6 Å². The van der Waals surface area contributed by atoms with Crippen molar-refractivity contribution in [2.75, 3.05) is 11.9 Å². The number of aromatic nitrogens is 1. The van der Waals surface area contributed by atoms with Gasteiger partial charge in [-0.1, -0.05) is 54.1 Å². The molecule has 0 saturated heterocycles. The van der Waals surface area contributed by atoms with Gasteiger partial charge in [0, 0.05) is 30.9 Å². The molecule has 1 N–H and O–H groups in total. The minimum Gasteiger partial charge on any atom is -0.366 e. The van der Waals surface area contributed by atoms with Crippen molar-refractivity contribution in [3.63, 3.8) is 0 Å². The Kier molecular flexibility index (Phi) is 6.44. The van der Waals surface area contributed by atoms with Crippen LogP contribution in [-0.2, 0) is 13.1 Å². The predicted molar refractivity (Wildman–Crippen MR) is 110 cm³/mol. The molecule has 0 fully saturated rings. The maximum absolute atomic E-state index is 12.8. The standard InChI is InChI=1S/C22H22ClN3O/c1-2-26(16-18-6-4-3-5-7-18)22(27)19-10-13-21(25-15-19)24-14-17-8-11-20(23)12-9-17/h3-13,15H,2,14,16H2,1H3,(H,24,25). The molecule has 0 aliphatic rings. The molecule has 4 nitrogen and oxygen atoms in total. The molecule has 27 heavy (non-hydrogen) atoms. The number of rotatable bonds is 7. The van der Waals surface area contributed by atoms with Crippen LogP contribution in [0, 0.1) is 0 Å². The van der Waals surface area contributed by atoms with Gasteiger partial charge in [-0.25, -0.2) is 4.98 Å². The van der Waals surface area contributed by atoms with Crippen LogP contribution in [0.3, 0.4) is 0 Å². The number of halogens is 1. The van der Waals surface area contributed by atoms with Gasteiger partial charge in [0.15, 0.2) is 0 Å². The van der Waals surface area contributed by atoms with Crippen molar-refractivity contribution >= 4 is 23.3 Å². The Bertz CT molecular complexity index is 864. The lowest BCUT2D eigenvalue weighted by Gasteiger charge is -2.21. The van der Waals surface area contributed by atoms with E-state index >= 15 is 0 Å². The molecule has 5 heteroatoms. The van der Waals surface area contributed by atoms with Gasteiger partial charge in [-0.05, 0) is 42.3 Å². The normalized spacial score (nSPS) is 10.4. The summed E-state index contributed by atoms with van der Waals surface area (Å²) in [5.74, 6) is 0.714. The molecule has 0 aliphatic heterocycles. The zero-order valence-corrected chi connectivity index (χ0v) is 16.0. The molecule has 0 atom stereocenters. The highest BCUT2D eigenvalue weighted by Gasteiger charge is 2.15. The van der Waals surface area contributed by atoms with E-state index < -0.39 is 0 Å². The van der Waals surface area contributed by atoms with Gasteiger partial charge in [-0.3, -0.25) is 4.79 Å². The predicted octanol–water partition coefficient (Wildman–Crippen LogP) is 5.01. The highest BCUT2D eigenvalue weighted by Crippen LogP contribution is 2.13. The summed E-state index contributed by atoms with van der Waals surface area (Å²) in [6, 6.07) is 21.3. The largest absolute Gasteiger partial charge is 0.366 e. The van der Waals surface area contributed by atoms with Crippen LogP contribution >= 0.6 is 11.6 Å². The van der Waals surface area contributed by atoms with Gasteiger partial charge < -0.3 is 10.2 Å². The maximum Gasteiger partial charge on any atom is 0.255 e. The van der Waals surface area contributed by atoms with Crippen LogP contribution in [0.4, 0.5) is 5.82 Å². The molecule has 1 amide bonds. The Morgan fingerprint density at radius 3 is 2.37 bits per heavy atom. The fourth-order valence-corrected chi connectivity index (χ4v) is 2.86. The van der Waals surface area contributed by atoms with E-state index in [1.807, 2.05) is 78.6 Å². The Labute approximate surface area is 164 Å². The van der Waals surface area contributed by atoms with Gasteiger partial charge >= 0.3 is 0 Å². The SMILES string of the molecule is CCN(Cc1ccccc1)C(=O)c1ccc(NCc2ccc(Cl)cc2)nc1. The van der Waals surface area contributed by atoms with Crippen LogP contribution < -0.4 is 5.32 Å². The molecule has 0 bridgehead atoms. The fraction of sp³-hybridized carbons (Fsp3) is 0.182. The van der Waals surface area contributed by atoms with Crippen molar-refractivity contribution in [1.82, 2.24) is 9.88 Å². The molecule has 3 rings (SSSR count). The van der Waals surface area contributed by atoms with Gasteiger partial charge in [-0.2, -0.15) is 0 Å². The number of nitrogens with zero attached hydrogens (tertiary/aromatic N) is 2. The molecule has 0 radical (unpaired) electrons. The lowest BCUT2D eigenvalue weighted by molar-refractivity contribution is 0.0752. The molecule has 3 aromatic rings. The van der Waals surface area contributed by atoms with Gasteiger partial charge in [0.05, 0.1) is 5.56 Å². The van der Waals surface area contributed by atoms with E-state index in [4.69, 9.17) is 11.6 Å². The summed E-state index contributed by atoms with van der Waals surface area (Å²) in [5.41, 5.74) is 2.81. The van der Waals surface area contributed by atoms with Crippen LogP contribution in [0.5, 0.6) is 0 Å². The molecule has 0 aliphatic carbocycles. The quantitative estimate of drug-likeness (QED) is 0.627. The summed E-state index contributed by atoms with van der Waals surface area (Å²) in [6.45, 7) is 3.86. The molecule has 0 unspecified atom stereocenters. The molecule has 1 aromatic heterocycles. The first kappa shape index (κ1) is 18.9. The van der Waals surface area contributed by atoms with E-state index in [9.17, 15) is 4.79 Å². The summed E-state index contributed by atoms with van der Waals surface area (Å²) in [4.78, 5) is 18.9. The van der Waals surface area contributed by atoms with Crippen molar-refractivity contribution < 1.29 is 4.79 Å². The number of amides is 1. The fourth-order valence-electron chi connectivity index (χ4n) is 2.73. The first-order chi connectivity index (χ1) is 13.2. The minimum atomic E-state index is -0.0156. The number of hydrogen-bond donors (Lipinski definition) is 1. The molecule has 1 heterocycles. The van der Waals surface area contributed by atoms with Gasteiger partial charge in [0.2, 0.25) is 0 Å². The third kappa shape index (κ3) is 5.31. The Morgan fingerprint density at radius 2 is 1.74 bits per heavy atom. The third-order valence-electron chi connectivity index (χ3n) is 4.28. The van der Waals surface area contributed by atoms with Crippen molar-refractivity contribution in [3.8, 4) is 0 Å². The van der Waals surface area contributed by atoms with Crippen LogP contribution in [0.2, 0.25) is 5.02 Å². The van der Waals surface area contributed by atoms with E-state index in [0.29, 0.717) is 25.2 Å². The van der Waals surface area contributed by atoms with Gasteiger partial charge in [0.1, 0.15) is 5.82 Å². The smallest absolute Gasteiger partial charge is 0.255 e. The van der Waals surface area contributed by atoms with Crippen LogP contribution in [-0.4, -0.2) is 22.3 Å². The zero-order chi connectivity index (χ0) is 19.1. The lowest BCUT2D eigenvalue weighted by atomic mass is 10.2. The van der Waals surface area contributed by atoms with Crippen LogP contribution in [0.1, 0.15) is 28.4 Å². The van der Waals surface area contributed by atoms with E-state index in [1.54, 1.807) is 6.20 Å². The van der Waals surface area contributed by atoms with Crippen LogP contribution in [0.15, 0.2) is 72.9 Å². The summed E-state index contributed by atoms with van der Waals surface area (Å²) in [5, 5.41) is 3.97. The van der Waals surface area contributed by atoms with Crippen molar-refractivity contribution in [1.29, 1.82) is 0 Å². The van der Waals surface area contributed by atoms with E-state index in [0.717, 1.165) is 22.0 Å². The molecule has 0 spiro atoms. The van der Waals surface area contributed by atoms with Crippen molar-refractivity contribution in [2.45, 2.75) is 20.0 Å². The average molecular weight is 380 g/mol. The van der Waals surface area contributed by atoms with Crippen LogP contribution in [0.25, 0.3) is 0 Å². The number of pyridine rings is 1. The Morgan fingerprint density at radius 1 is 1.00 bits per heavy atom. The Balaban J connectivity index is 1.61. The molecule has 0 saturated carbocycles. The van der Waals surface area contributed by atoms with Gasteiger partial charge in [0.25, 0.3) is 5.91 Å². The highest BCUT2D eigenvalue weighted by atomic mass is 35.5. The second-order valence-electron chi connectivity index (χ2n) is 6.22. The summed E-state index contributed by atoms with van der Waals surface area (Å²) in [7, 11) is 0. The molecule has 138 valence electrons. The first-order valence-electron chi connectivity index (χ1n) is 8.93. The second-order valence-corrected chi connectivity index (χ2v) is 6.65. The number of nitrogens with one attached hydrogen (secondary N) is 1. The summed E-state index contributed by atoms with van der Waals surface area (Å²) < 4.78 is 0. The number of anilines is 1. The lowest BCUT2D eigenvalue weighted by Crippen LogP contribution is -2.30. The summed E-state index contributed by atoms with van der Waals surface area (Å²) in [6.07, 6.45) is 1.63. The topological polar surface area (TPSA) is 45.2 Å². The monoisotopic (exact) mass is 379 g/mol. The average Bonchev–Trinajstić information content (AvgIpc) is 2.72. The van der Waals surface area contributed by atoms with Gasteiger partial charge in [-0.15, -0.1) is 0 Å². The number of hydrogen-bond acceptors (Lipinski definition) is 3. The highest BCUT2D eigenvalue weighted by molar-refractivity contribution is 6.30. The summed E-state index contributed by atoms with van der Waals surface area (Å²) >= 11 is 5.90. The molecular weight excluding hydrogens is 358 g/mol. The minimum absolute atomic E-state index is 0.0156. The van der Waals surface area contributed by atoms with E-state index in [-0.39, 0.29) is 5.91 Å². The number of carbonyl (C=O) groups excluding carboxylic acids is 1. The number of carbonyl (C=O) groups is 1. The van der Waals surface area contributed by atoms with E-state index in [1.165, 1.54) is 0 Å². The maximum atomic E-state index is 12.8. The zero-order valence-electron chi connectivity index (χ0n) is 15.2. The van der Waals surface area contributed by atoms with Crippen molar-refractivity contribution in [2.24, 2.45) is 0 Å². The first-order valence-corrected chi connectivity index (χ1v) is 9.31. The van der Waals surface area contributed by atoms with E-state index in [2.05, 4.69) is 10.3 Å². The Hall–Kier alpha value is -2.85. The number of benzene rings is 2. The molecule has 2 aromatic carbocycles.